The van der Waals surface area contributed by atoms with Crippen molar-refractivity contribution in [3.63, 3.8) is 0 Å². The summed E-state index contributed by atoms with van der Waals surface area (Å²) in [7, 11) is 0. The average molecular weight is 322 g/mol. The molecule has 1 atom stereocenters. The normalized spacial score (nSPS) is 20.9. The maximum absolute atomic E-state index is 12.3. The molecule has 2 aromatic rings. The lowest BCUT2D eigenvalue weighted by Gasteiger charge is -2.26. The number of carboxylic acids is 1. The predicted octanol–water partition coefficient (Wildman–Crippen LogP) is 1.77. The Morgan fingerprint density at radius 1 is 1.50 bits per heavy atom. The number of carbonyl (C=O) groups is 2. The van der Waals surface area contributed by atoms with Crippen LogP contribution in [0.25, 0.3) is 10.6 Å². The van der Waals surface area contributed by atoms with E-state index in [2.05, 4.69) is 10.3 Å². The molecule has 1 unspecified atom stereocenters. The number of aliphatic carboxylic acids is 1. The lowest BCUT2D eigenvalue weighted by molar-refractivity contribution is -0.138. The SMILES string of the molecule is O=C(O)CC1(NC(=O)c2csc(-c3ccoc3)n2)CCOC1. The van der Waals surface area contributed by atoms with Crippen LogP contribution in [0.4, 0.5) is 0 Å². The predicted molar refractivity (Wildman–Crippen MR) is 77.7 cm³/mol. The van der Waals surface area contributed by atoms with Crippen molar-refractivity contribution in [2.24, 2.45) is 0 Å². The van der Waals surface area contributed by atoms with Gasteiger partial charge in [-0.25, -0.2) is 4.98 Å². The number of carbonyl (C=O) groups excluding carboxylic acids is 1. The Morgan fingerprint density at radius 3 is 3.00 bits per heavy atom. The summed E-state index contributed by atoms with van der Waals surface area (Å²) in [5.74, 6) is -1.36. The zero-order valence-electron chi connectivity index (χ0n) is 11.6. The van der Waals surface area contributed by atoms with Crippen LogP contribution in [0.3, 0.4) is 0 Å². The molecule has 2 N–H and O–H groups in total. The molecule has 3 heterocycles. The molecule has 0 radical (unpaired) electrons. The maximum atomic E-state index is 12.3. The Kier molecular flexibility index (Phi) is 3.95. The highest BCUT2D eigenvalue weighted by molar-refractivity contribution is 7.13. The van der Waals surface area contributed by atoms with Crippen molar-refractivity contribution in [1.82, 2.24) is 10.3 Å². The van der Waals surface area contributed by atoms with Gasteiger partial charge in [-0.2, -0.15) is 0 Å². The zero-order chi connectivity index (χ0) is 15.6. The van der Waals surface area contributed by atoms with E-state index < -0.39 is 17.4 Å². The fourth-order valence-corrected chi connectivity index (χ4v) is 3.17. The van der Waals surface area contributed by atoms with Crippen LogP contribution in [0.1, 0.15) is 23.3 Å². The van der Waals surface area contributed by atoms with Crippen molar-refractivity contribution in [3.8, 4) is 10.6 Å². The second-order valence-corrected chi connectivity index (χ2v) is 6.02. The first kappa shape index (κ1) is 14.7. The Hall–Kier alpha value is -2.19. The quantitative estimate of drug-likeness (QED) is 0.870. The van der Waals surface area contributed by atoms with Crippen LogP contribution in [0, 0.1) is 0 Å². The molecule has 0 saturated carbocycles. The van der Waals surface area contributed by atoms with Crippen LogP contribution in [0.2, 0.25) is 0 Å². The number of amides is 1. The molecule has 116 valence electrons. The maximum Gasteiger partial charge on any atom is 0.305 e. The lowest BCUT2D eigenvalue weighted by Crippen LogP contribution is -2.50. The highest BCUT2D eigenvalue weighted by Crippen LogP contribution is 2.26. The number of hydrogen-bond acceptors (Lipinski definition) is 6. The summed E-state index contributed by atoms with van der Waals surface area (Å²) in [4.78, 5) is 27.6. The molecular weight excluding hydrogens is 308 g/mol. The molecule has 1 aliphatic heterocycles. The van der Waals surface area contributed by atoms with E-state index in [-0.39, 0.29) is 18.7 Å². The van der Waals surface area contributed by atoms with E-state index in [1.165, 1.54) is 17.6 Å². The molecule has 0 aliphatic carbocycles. The van der Waals surface area contributed by atoms with Crippen molar-refractivity contribution in [1.29, 1.82) is 0 Å². The monoisotopic (exact) mass is 322 g/mol. The molecule has 1 saturated heterocycles. The number of thiazole rings is 1. The fraction of sp³-hybridized carbons (Fsp3) is 0.357. The Morgan fingerprint density at radius 2 is 2.36 bits per heavy atom. The van der Waals surface area contributed by atoms with Crippen LogP contribution < -0.4 is 5.32 Å². The number of nitrogens with one attached hydrogen (secondary N) is 1. The zero-order valence-corrected chi connectivity index (χ0v) is 12.4. The number of aromatic nitrogens is 1. The fourth-order valence-electron chi connectivity index (χ4n) is 2.38. The van der Waals surface area contributed by atoms with Crippen LogP contribution in [0.5, 0.6) is 0 Å². The van der Waals surface area contributed by atoms with Crippen molar-refractivity contribution in [3.05, 3.63) is 29.7 Å². The lowest BCUT2D eigenvalue weighted by atomic mass is 9.94. The Balaban J connectivity index is 1.75. The molecule has 3 rings (SSSR count). The van der Waals surface area contributed by atoms with Crippen molar-refractivity contribution in [2.75, 3.05) is 13.2 Å². The van der Waals surface area contributed by atoms with Gasteiger partial charge in [-0.1, -0.05) is 0 Å². The first-order valence-corrected chi connectivity index (χ1v) is 7.56. The van der Waals surface area contributed by atoms with Gasteiger partial charge in [0, 0.05) is 17.6 Å². The Labute approximate surface area is 129 Å². The number of carboxylic acid groups (broad SMARTS) is 1. The van der Waals surface area contributed by atoms with E-state index in [1.54, 1.807) is 17.7 Å². The summed E-state index contributed by atoms with van der Waals surface area (Å²) in [6, 6.07) is 1.76. The van der Waals surface area contributed by atoms with Crippen LogP contribution in [-0.4, -0.2) is 40.7 Å². The van der Waals surface area contributed by atoms with Crippen LogP contribution >= 0.6 is 11.3 Å². The van der Waals surface area contributed by atoms with Gasteiger partial charge in [-0.3, -0.25) is 9.59 Å². The smallest absolute Gasteiger partial charge is 0.305 e. The molecule has 8 heteroatoms. The van der Waals surface area contributed by atoms with E-state index in [0.29, 0.717) is 18.0 Å². The number of ether oxygens (including phenoxy) is 1. The third-order valence-corrected chi connectivity index (χ3v) is 4.37. The minimum atomic E-state index is -0.969. The minimum absolute atomic E-state index is 0.169. The second kappa shape index (κ2) is 5.90. The molecule has 0 spiro atoms. The van der Waals surface area contributed by atoms with Crippen LogP contribution in [-0.2, 0) is 9.53 Å². The molecule has 22 heavy (non-hydrogen) atoms. The molecule has 0 aromatic carbocycles. The van der Waals surface area contributed by atoms with Crippen LogP contribution in [0.15, 0.2) is 28.4 Å². The summed E-state index contributed by atoms with van der Waals surface area (Å²) >= 11 is 1.33. The van der Waals surface area contributed by atoms with E-state index in [9.17, 15) is 9.59 Å². The van der Waals surface area contributed by atoms with E-state index in [1.807, 2.05) is 0 Å². The number of rotatable bonds is 5. The number of furan rings is 1. The first-order valence-electron chi connectivity index (χ1n) is 6.68. The van der Waals surface area contributed by atoms with Crippen molar-refractivity contribution >= 4 is 23.2 Å². The second-order valence-electron chi connectivity index (χ2n) is 5.16. The van der Waals surface area contributed by atoms with Gasteiger partial charge in [0.25, 0.3) is 5.91 Å². The van der Waals surface area contributed by atoms with Gasteiger partial charge in [0.1, 0.15) is 17.0 Å². The van der Waals surface area contributed by atoms with Crippen molar-refractivity contribution < 1.29 is 23.8 Å². The van der Waals surface area contributed by atoms with Gasteiger partial charge in [-0.05, 0) is 12.5 Å². The van der Waals surface area contributed by atoms with Crippen molar-refractivity contribution in [2.45, 2.75) is 18.4 Å². The van der Waals surface area contributed by atoms with E-state index >= 15 is 0 Å². The first-order chi connectivity index (χ1) is 10.6. The van der Waals surface area contributed by atoms with E-state index in [0.717, 1.165) is 5.56 Å². The molecule has 0 bridgehead atoms. The number of hydrogen-bond donors (Lipinski definition) is 2. The third kappa shape index (κ3) is 3.02. The van der Waals surface area contributed by atoms with Gasteiger partial charge < -0.3 is 19.6 Å². The largest absolute Gasteiger partial charge is 0.481 e. The van der Waals surface area contributed by atoms with Gasteiger partial charge in [0.05, 0.1) is 24.8 Å². The van der Waals surface area contributed by atoms with Gasteiger partial charge in [0.15, 0.2) is 0 Å². The minimum Gasteiger partial charge on any atom is -0.481 e. The van der Waals surface area contributed by atoms with Gasteiger partial charge in [0.2, 0.25) is 0 Å². The summed E-state index contributed by atoms with van der Waals surface area (Å²) < 4.78 is 10.2. The summed E-state index contributed by atoms with van der Waals surface area (Å²) in [6.07, 6.45) is 3.40. The standard InChI is InChI=1S/C14H14N2O5S/c17-11(18)5-14(2-4-21-8-14)16-12(19)10-7-22-13(15-10)9-1-3-20-6-9/h1,3,6-7H,2,4-5,8H2,(H,16,19)(H,17,18). The number of nitrogens with zero attached hydrogens (tertiary/aromatic N) is 1. The highest BCUT2D eigenvalue weighted by Gasteiger charge is 2.39. The van der Waals surface area contributed by atoms with E-state index in [4.69, 9.17) is 14.3 Å². The van der Waals surface area contributed by atoms with Gasteiger partial charge >= 0.3 is 5.97 Å². The molecule has 7 nitrogen and oxygen atoms in total. The molecule has 2 aromatic heterocycles. The summed E-state index contributed by atoms with van der Waals surface area (Å²) in [5.41, 5.74) is 0.203. The molecule has 1 amide bonds. The highest BCUT2D eigenvalue weighted by atomic mass is 32.1. The average Bonchev–Trinajstić information content (AvgIpc) is 3.19. The molecule has 1 fully saturated rings. The summed E-state index contributed by atoms with van der Waals surface area (Å²) in [5, 5.41) is 14.1. The molecular formula is C14H14N2O5S. The summed E-state index contributed by atoms with van der Waals surface area (Å²) in [6.45, 7) is 0.634. The molecule has 1 aliphatic rings. The Bertz CT molecular complexity index is 673. The topological polar surface area (TPSA) is 102 Å². The van der Waals surface area contributed by atoms with Gasteiger partial charge in [-0.15, -0.1) is 11.3 Å². The third-order valence-electron chi connectivity index (χ3n) is 3.48.